The minimum absolute atomic E-state index is 0.0351. The number of imide groups is 1. The fourth-order valence-electron chi connectivity index (χ4n) is 1.88. The Morgan fingerprint density at radius 1 is 1.14 bits per heavy atom. The lowest BCUT2D eigenvalue weighted by atomic mass is 10.2. The molecule has 1 heterocycles. The van der Waals surface area contributed by atoms with Gasteiger partial charge in [-0.2, -0.15) is 0 Å². The van der Waals surface area contributed by atoms with E-state index >= 15 is 0 Å². The molecule has 0 unspecified atom stereocenters. The molecule has 6 nitrogen and oxygen atoms in total. The van der Waals surface area contributed by atoms with Crippen molar-refractivity contribution in [2.24, 2.45) is 0 Å². The molecule has 0 aliphatic carbocycles. The lowest BCUT2D eigenvalue weighted by Crippen LogP contribution is -2.32. The second-order valence-electron chi connectivity index (χ2n) is 4.64. The minimum Gasteiger partial charge on any atom is -0.493 e. The van der Waals surface area contributed by atoms with Crippen LogP contribution < -0.4 is 4.74 Å². The van der Waals surface area contributed by atoms with Gasteiger partial charge in [0.25, 0.3) is 11.8 Å². The average Bonchev–Trinajstić information content (AvgIpc) is 2.80. The smallest absolute Gasteiger partial charge is 0.336 e. The zero-order valence-corrected chi connectivity index (χ0v) is 11.8. The van der Waals surface area contributed by atoms with Crippen LogP contribution in [0.4, 0.5) is 0 Å². The predicted molar refractivity (Wildman–Crippen MR) is 73.1 cm³/mol. The SMILES string of the molecule is CCc1ccc(OCCC(=O)ON2C(=O)CCC2=O)cc1. The Morgan fingerprint density at radius 3 is 2.33 bits per heavy atom. The number of carbonyl (C=O) groups excluding carboxylic acids is 3. The van der Waals surface area contributed by atoms with Crippen molar-refractivity contribution in [1.82, 2.24) is 5.06 Å². The summed E-state index contributed by atoms with van der Waals surface area (Å²) in [6.07, 6.45) is 1.09. The highest BCUT2D eigenvalue weighted by Gasteiger charge is 2.32. The Kier molecular flexibility index (Phi) is 4.92. The Balaban J connectivity index is 1.73. The van der Waals surface area contributed by atoms with E-state index < -0.39 is 17.8 Å². The summed E-state index contributed by atoms with van der Waals surface area (Å²) < 4.78 is 5.41. The van der Waals surface area contributed by atoms with Gasteiger partial charge in [-0.15, -0.1) is 5.06 Å². The van der Waals surface area contributed by atoms with E-state index in [1.165, 1.54) is 5.56 Å². The third-order valence-electron chi connectivity index (χ3n) is 3.11. The topological polar surface area (TPSA) is 72.9 Å². The molecular formula is C15H17NO5. The Labute approximate surface area is 122 Å². The highest BCUT2D eigenvalue weighted by molar-refractivity contribution is 6.01. The molecule has 21 heavy (non-hydrogen) atoms. The van der Waals surface area contributed by atoms with Crippen LogP contribution in [-0.2, 0) is 25.6 Å². The summed E-state index contributed by atoms with van der Waals surface area (Å²) in [5.41, 5.74) is 1.20. The summed E-state index contributed by atoms with van der Waals surface area (Å²) in [5, 5.41) is 0.540. The summed E-state index contributed by atoms with van der Waals surface area (Å²) in [5.74, 6) is -0.967. The molecular weight excluding hydrogens is 274 g/mol. The van der Waals surface area contributed by atoms with Crippen molar-refractivity contribution in [2.75, 3.05) is 6.61 Å². The summed E-state index contributed by atoms with van der Waals surface area (Å²) in [7, 11) is 0. The van der Waals surface area contributed by atoms with Gasteiger partial charge in [0.15, 0.2) is 0 Å². The molecule has 1 fully saturated rings. The van der Waals surface area contributed by atoms with Gasteiger partial charge in [0.05, 0.1) is 13.0 Å². The van der Waals surface area contributed by atoms with Crippen molar-refractivity contribution in [3.8, 4) is 5.75 Å². The van der Waals surface area contributed by atoms with E-state index in [0.717, 1.165) is 6.42 Å². The van der Waals surface area contributed by atoms with E-state index in [4.69, 9.17) is 9.57 Å². The molecule has 1 aliphatic heterocycles. The molecule has 0 atom stereocenters. The van der Waals surface area contributed by atoms with Gasteiger partial charge in [0.2, 0.25) is 0 Å². The Hall–Kier alpha value is -2.37. The van der Waals surface area contributed by atoms with Crippen LogP contribution in [0, 0.1) is 0 Å². The van der Waals surface area contributed by atoms with Crippen molar-refractivity contribution in [3.05, 3.63) is 29.8 Å². The lowest BCUT2D eigenvalue weighted by Gasteiger charge is -2.12. The first-order valence-corrected chi connectivity index (χ1v) is 6.88. The molecule has 0 radical (unpaired) electrons. The minimum atomic E-state index is -0.663. The standard InChI is InChI=1S/C15H17NO5/c1-2-11-3-5-12(6-4-11)20-10-9-15(19)21-16-13(17)7-8-14(16)18/h3-6H,2,7-10H2,1H3. The van der Waals surface area contributed by atoms with Crippen LogP contribution >= 0.6 is 0 Å². The van der Waals surface area contributed by atoms with E-state index in [0.29, 0.717) is 10.8 Å². The number of ether oxygens (including phenoxy) is 1. The first kappa shape index (κ1) is 15.0. The molecule has 0 saturated carbocycles. The van der Waals surface area contributed by atoms with E-state index in [1.54, 1.807) is 0 Å². The van der Waals surface area contributed by atoms with E-state index in [2.05, 4.69) is 6.92 Å². The number of rotatable bonds is 6. The van der Waals surface area contributed by atoms with Gasteiger partial charge in [0, 0.05) is 12.8 Å². The molecule has 2 amide bonds. The molecule has 0 aromatic heterocycles. The quantitative estimate of drug-likeness (QED) is 0.745. The molecule has 2 rings (SSSR count). The van der Waals surface area contributed by atoms with Crippen LogP contribution in [0.25, 0.3) is 0 Å². The van der Waals surface area contributed by atoms with Crippen LogP contribution in [0.5, 0.6) is 5.75 Å². The van der Waals surface area contributed by atoms with Crippen molar-refractivity contribution in [2.45, 2.75) is 32.6 Å². The number of benzene rings is 1. The summed E-state index contributed by atoms with van der Waals surface area (Å²) in [4.78, 5) is 38.8. The van der Waals surface area contributed by atoms with Crippen molar-refractivity contribution >= 4 is 17.8 Å². The number of hydrogen-bond donors (Lipinski definition) is 0. The van der Waals surface area contributed by atoms with E-state index in [1.807, 2.05) is 24.3 Å². The third kappa shape index (κ3) is 4.05. The van der Waals surface area contributed by atoms with Crippen molar-refractivity contribution in [3.63, 3.8) is 0 Å². The molecule has 1 saturated heterocycles. The van der Waals surface area contributed by atoms with Crippen LogP contribution in [0.3, 0.4) is 0 Å². The highest BCUT2D eigenvalue weighted by atomic mass is 16.7. The fourth-order valence-corrected chi connectivity index (χ4v) is 1.88. The van der Waals surface area contributed by atoms with Gasteiger partial charge in [-0.1, -0.05) is 19.1 Å². The predicted octanol–water partition coefficient (Wildman–Crippen LogP) is 1.63. The van der Waals surface area contributed by atoms with Crippen LogP contribution in [0.15, 0.2) is 24.3 Å². The van der Waals surface area contributed by atoms with E-state index in [9.17, 15) is 14.4 Å². The molecule has 6 heteroatoms. The van der Waals surface area contributed by atoms with Gasteiger partial charge in [-0.3, -0.25) is 9.59 Å². The van der Waals surface area contributed by atoms with Gasteiger partial charge in [0.1, 0.15) is 5.75 Å². The first-order chi connectivity index (χ1) is 10.1. The molecule has 0 N–H and O–H groups in total. The second kappa shape index (κ2) is 6.88. The first-order valence-electron chi connectivity index (χ1n) is 6.88. The third-order valence-corrected chi connectivity index (χ3v) is 3.11. The van der Waals surface area contributed by atoms with E-state index in [-0.39, 0.29) is 25.9 Å². The Bertz CT molecular complexity index is 521. The number of amides is 2. The maximum absolute atomic E-state index is 11.5. The summed E-state index contributed by atoms with van der Waals surface area (Å²) in [6.45, 7) is 2.19. The zero-order valence-electron chi connectivity index (χ0n) is 11.8. The zero-order chi connectivity index (χ0) is 15.2. The van der Waals surface area contributed by atoms with Crippen LogP contribution in [0.1, 0.15) is 31.7 Å². The average molecular weight is 291 g/mol. The number of hydroxylamine groups is 2. The molecule has 1 aliphatic rings. The number of nitrogens with zero attached hydrogens (tertiary/aromatic N) is 1. The fraction of sp³-hybridized carbons (Fsp3) is 0.400. The van der Waals surface area contributed by atoms with Crippen molar-refractivity contribution < 1.29 is 24.0 Å². The monoisotopic (exact) mass is 291 g/mol. The molecule has 0 spiro atoms. The summed E-state index contributed by atoms with van der Waals surface area (Å²) >= 11 is 0. The number of carbonyl (C=O) groups is 3. The maximum Gasteiger partial charge on any atom is 0.336 e. The van der Waals surface area contributed by atoms with Crippen molar-refractivity contribution in [1.29, 1.82) is 0 Å². The summed E-state index contributed by atoms with van der Waals surface area (Å²) in [6, 6.07) is 7.57. The molecule has 1 aromatic rings. The van der Waals surface area contributed by atoms with Crippen LogP contribution in [0.2, 0.25) is 0 Å². The number of aryl methyl sites for hydroxylation is 1. The lowest BCUT2D eigenvalue weighted by molar-refractivity contribution is -0.197. The molecule has 0 bridgehead atoms. The highest BCUT2D eigenvalue weighted by Crippen LogP contribution is 2.14. The van der Waals surface area contributed by atoms with Gasteiger partial charge in [-0.25, -0.2) is 4.79 Å². The molecule has 112 valence electrons. The second-order valence-corrected chi connectivity index (χ2v) is 4.64. The normalized spacial score (nSPS) is 14.4. The van der Waals surface area contributed by atoms with Gasteiger partial charge < -0.3 is 9.57 Å². The number of hydrogen-bond acceptors (Lipinski definition) is 5. The Morgan fingerprint density at radius 2 is 1.76 bits per heavy atom. The van der Waals surface area contributed by atoms with Gasteiger partial charge >= 0.3 is 5.97 Å². The molecule has 1 aromatic carbocycles. The maximum atomic E-state index is 11.5. The largest absolute Gasteiger partial charge is 0.493 e. The van der Waals surface area contributed by atoms with Gasteiger partial charge in [-0.05, 0) is 24.1 Å². The van der Waals surface area contributed by atoms with Crippen LogP contribution in [-0.4, -0.2) is 29.5 Å².